The molecule has 0 heterocycles. The molecular weight excluding hydrogens is 234 g/mol. The van der Waals surface area contributed by atoms with Gasteiger partial charge in [-0.2, -0.15) is 0 Å². The molecule has 2 heteroatoms. The molecule has 2 saturated carbocycles. The Morgan fingerprint density at radius 2 is 1.89 bits per heavy atom. The van der Waals surface area contributed by atoms with Gasteiger partial charge in [-0.3, -0.25) is 0 Å². The van der Waals surface area contributed by atoms with Crippen molar-refractivity contribution in [1.82, 2.24) is 5.32 Å². The molecule has 0 radical (unpaired) electrons. The number of benzene rings is 1. The molecule has 104 valence electrons. The summed E-state index contributed by atoms with van der Waals surface area (Å²) in [5.41, 5.74) is 1.31. The molecule has 0 aliphatic heterocycles. The van der Waals surface area contributed by atoms with Crippen LogP contribution in [0.1, 0.15) is 50.0 Å². The highest BCUT2D eigenvalue weighted by Gasteiger charge is 2.41. The normalized spacial score (nSPS) is 31.3. The first-order valence-electron chi connectivity index (χ1n) is 7.75. The number of aliphatic hydroxyl groups is 1. The van der Waals surface area contributed by atoms with Crippen LogP contribution in [0, 0.1) is 5.92 Å². The van der Waals surface area contributed by atoms with E-state index in [-0.39, 0.29) is 12.1 Å². The molecule has 2 aliphatic rings. The van der Waals surface area contributed by atoms with Crippen molar-refractivity contribution in [3.63, 3.8) is 0 Å². The Bertz CT molecular complexity index is 401. The third-order valence-electron chi connectivity index (χ3n) is 4.96. The Kier molecular flexibility index (Phi) is 3.90. The largest absolute Gasteiger partial charge is 0.394 e. The smallest absolute Gasteiger partial charge is 0.0619 e. The number of hydrogen-bond acceptors (Lipinski definition) is 2. The maximum absolute atomic E-state index is 10.0. The second kappa shape index (κ2) is 5.64. The molecule has 1 aromatic carbocycles. The summed E-state index contributed by atoms with van der Waals surface area (Å²) in [6, 6.07) is 10.8. The molecule has 0 saturated heterocycles. The average Bonchev–Trinajstić information content (AvgIpc) is 3.30. The van der Waals surface area contributed by atoms with Crippen molar-refractivity contribution in [2.75, 3.05) is 13.2 Å². The molecule has 0 spiro atoms. The molecule has 0 aromatic heterocycles. The zero-order chi connectivity index (χ0) is 13.1. The lowest BCUT2D eigenvalue weighted by Crippen LogP contribution is -2.55. The Balaban J connectivity index is 1.80. The summed E-state index contributed by atoms with van der Waals surface area (Å²) in [5, 5.41) is 13.8. The predicted molar refractivity (Wildman–Crippen MR) is 78.2 cm³/mol. The van der Waals surface area contributed by atoms with Crippen molar-refractivity contribution in [2.24, 2.45) is 5.92 Å². The lowest BCUT2D eigenvalue weighted by atomic mass is 9.70. The van der Waals surface area contributed by atoms with Crippen molar-refractivity contribution < 1.29 is 5.11 Å². The van der Waals surface area contributed by atoms with Crippen molar-refractivity contribution >= 4 is 0 Å². The highest BCUT2D eigenvalue weighted by molar-refractivity contribution is 5.25. The SMILES string of the molecule is OCC1(NCC2CC2)CCCCC1c1ccccc1. The van der Waals surface area contributed by atoms with Crippen LogP contribution in [0.2, 0.25) is 0 Å². The maximum Gasteiger partial charge on any atom is 0.0619 e. The fourth-order valence-corrected chi connectivity index (χ4v) is 3.54. The van der Waals surface area contributed by atoms with Gasteiger partial charge in [-0.05, 0) is 43.7 Å². The minimum absolute atomic E-state index is 0.0812. The zero-order valence-electron chi connectivity index (χ0n) is 11.6. The Hall–Kier alpha value is -0.860. The molecule has 2 aliphatic carbocycles. The maximum atomic E-state index is 10.0. The van der Waals surface area contributed by atoms with E-state index >= 15 is 0 Å². The van der Waals surface area contributed by atoms with Crippen molar-refractivity contribution in [3.8, 4) is 0 Å². The van der Waals surface area contributed by atoms with Crippen LogP contribution in [0.4, 0.5) is 0 Å². The van der Waals surface area contributed by atoms with Gasteiger partial charge in [0.2, 0.25) is 0 Å². The molecular formula is C17H25NO. The Labute approximate surface area is 116 Å². The Morgan fingerprint density at radius 1 is 1.11 bits per heavy atom. The molecule has 3 rings (SSSR count). The van der Waals surface area contributed by atoms with Gasteiger partial charge in [-0.1, -0.05) is 43.2 Å². The van der Waals surface area contributed by atoms with Gasteiger partial charge in [-0.25, -0.2) is 0 Å². The van der Waals surface area contributed by atoms with E-state index in [1.807, 2.05) is 0 Å². The summed E-state index contributed by atoms with van der Waals surface area (Å²) in [6.45, 7) is 1.35. The van der Waals surface area contributed by atoms with Crippen LogP contribution in [0.3, 0.4) is 0 Å². The number of hydrogen-bond donors (Lipinski definition) is 2. The number of rotatable bonds is 5. The summed E-state index contributed by atoms with van der Waals surface area (Å²) >= 11 is 0. The Morgan fingerprint density at radius 3 is 2.58 bits per heavy atom. The lowest BCUT2D eigenvalue weighted by Gasteiger charge is -2.44. The van der Waals surface area contributed by atoms with Crippen molar-refractivity contribution in [3.05, 3.63) is 35.9 Å². The first-order valence-corrected chi connectivity index (χ1v) is 7.75. The van der Waals surface area contributed by atoms with Gasteiger partial charge in [0.05, 0.1) is 6.61 Å². The minimum Gasteiger partial charge on any atom is -0.394 e. The van der Waals surface area contributed by atoms with Crippen LogP contribution in [0.25, 0.3) is 0 Å². The first kappa shape index (κ1) is 13.1. The van der Waals surface area contributed by atoms with E-state index in [2.05, 4.69) is 35.6 Å². The van der Waals surface area contributed by atoms with Gasteiger partial charge < -0.3 is 10.4 Å². The van der Waals surface area contributed by atoms with E-state index in [1.54, 1.807) is 0 Å². The van der Waals surface area contributed by atoms with Gasteiger partial charge in [0.15, 0.2) is 0 Å². The molecule has 0 bridgehead atoms. The summed E-state index contributed by atoms with van der Waals surface area (Å²) in [7, 11) is 0. The summed E-state index contributed by atoms with van der Waals surface area (Å²) in [6.07, 6.45) is 7.56. The number of nitrogens with one attached hydrogen (secondary N) is 1. The monoisotopic (exact) mass is 259 g/mol. The van der Waals surface area contributed by atoms with E-state index in [0.717, 1.165) is 18.9 Å². The van der Waals surface area contributed by atoms with Crippen LogP contribution in [-0.4, -0.2) is 23.8 Å². The minimum atomic E-state index is -0.0812. The third-order valence-corrected chi connectivity index (χ3v) is 4.96. The van der Waals surface area contributed by atoms with E-state index in [4.69, 9.17) is 0 Å². The van der Waals surface area contributed by atoms with E-state index in [9.17, 15) is 5.11 Å². The average molecular weight is 259 g/mol. The first-order chi connectivity index (χ1) is 9.34. The van der Waals surface area contributed by atoms with E-state index in [1.165, 1.54) is 37.7 Å². The second-order valence-electron chi connectivity index (χ2n) is 6.35. The molecule has 2 nitrogen and oxygen atoms in total. The predicted octanol–water partition coefficient (Wildman–Crippen LogP) is 3.07. The summed E-state index contributed by atoms with van der Waals surface area (Å²) < 4.78 is 0. The van der Waals surface area contributed by atoms with E-state index in [0.29, 0.717) is 5.92 Å². The van der Waals surface area contributed by atoms with Gasteiger partial charge in [0.25, 0.3) is 0 Å². The number of aliphatic hydroxyl groups excluding tert-OH is 1. The quantitative estimate of drug-likeness (QED) is 0.851. The summed E-state index contributed by atoms with van der Waals surface area (Å²) in [4.78, 5) is 0. The van der Waals surface area contributed by atoms with Crippen LogP contribution < -0.4 is 5.32 Å². The van der Waals surface area contributed by atoms with Crippen LogP contribution in [0.15, 0.2) is 30.3 Å². The van der Waals surface area contributed by atoms with Gasteiger partial charge >= 0.3 is 0 Å². The highest BCUT2D eigenvalue weighted by atomic mass is 16.3. The van der Waals surface area contributed by atoms with Crippen LogP contribution in [-0.2, 0) is 0 Å². The van der Waals surface area contributed by atoms with Crippen molar-refractivity contribution in [1.29, 1.82) is 0 Å². The second-order valence-corrected chi connectivity index (χ2v) is 6.35. The molecule has 2 atom stereocenters. The standard InChI is InChI=1S/C17H25NO/c19-13-17(18-12-14-9-10-14)11-5-4-8-16(17)15-6-2-1-3-7-15/h1-3,6-7,14,16,18-19H,4-5,8-13H2. The topological polar surface area (TPSA) is 32.3 Å². The molecule has 2 N–H and O–H groups in total. The third kappa shape index (κ3) is 2.85. The fourth-order valence-electron chi connectivity index (χ4n) is 3.54. The zero-order valence-corrected chi connectivity index (χ0v) is 11.6. The van der Waals surface area contributed by atoms with Crippen molar-refractivity contribution in [2.45, 2.75) is 50.0 Å². The van der Waals surface area contributed by atoms with Crippen LogP contribution in [0.5, 0.6) is 0 Å². The molecule has 1 aromatic rings. The summed E-state index contributed by atoms with van der Waals surface area (Å²) in [5.74, 6) is 1.33. The lowest BCUT2D eigenvalue weighted by molar-refractivity contribution is 0.0985. The molecule has 2 fully saturated rings. The molecule has 19 heavy (non-hydrogen) atoms. The van der Waals surface area contributed by atoms with Crippen LogP contribution >= 0.6 is 0 Å². The van der Waals surface area contributed by atoms with Gasteiger partial charge in [0, 0.05) is 11.5 Å². The molecule has 0 amide bonds. The van der Waals surface area contributed by atoms with Gasteiger partial charge in [0.1, 0.15) is 0 Å². The highest BCUT2D eigenvalue weighted by Crippen LogP contribution is 2.41. The van der Waals surface area contributed by atoms with E-state index < -0.39 is 0 Å². The molecule has 2 unspecified atom stereocenters. The fraction of sp³-hybridized carbons (Fsp3) is 0.647. The van der Waals surface area contributed by atoms with Gasteiger partial charge in [-0.15, -0.1) is 0 Å².